The largest absolute Gasteiger partial charge is 0.494 e. The molecule has 0 fully saturated rings. The van der Waals surface area contributed by atoms with Crippen LogP contribution >= 0.6 is 0 Å². The van der Waals surface area contributed by atoms with Gasteiger partial charge in [-0.05, 0) is 38.1 Å². The van der Waals surface area contributed by atoms with Crippen LogP contribution in [0.15, 0.2) is 24.3 Å². The van der Waals surface area contributed by atoms with Crippen LogP contribution in [0.5, 0.6) is 5.75 Å². The van der Waals surface area contributed by atoms with E-state index in [-0.39, 0.29) is 5.56 Å². The smallest absolute Gasteiger partial charge is 0.335 e. The summed E-state index contributed by atoms with van der Waals surface area (Å²) in [6, 6.07) is 6.68. The zero-order valence-corrected chi connectivity index (χ0v) is 10.5. The fourth-order valence-electron chi connectivity index (χ4n) is 1.86. The van der Waals surface area contributed by atoms with Gasteiger partial charge in [0.1, 0.15) is 11.4 Å². The fourth-order valence-corrected chi connectivity index (χ4v) is 1.86. The lowest BCUT2D eigenvalue weighted by Crippen LogP contribution is -2.04. The number of carboxylic acid groups (broad SMARTS) is 1. The van der Waals surface area contributed by atoms with Crippen molar-refractivity contribution in [1.29, 1.82) is 0 Å². The predicted octanol–water partition coefficient (Wildman–Crippen LogP) is 2.20. The van der Waals surface area contributed by atoms with E-state index in [4.69, 9.17) is 9.84 Å². The van der Waals surface area contributed by atoms with Crippen LogP contribution < -0.4 is 4.74 Å². The van der Waals surface area contributed by atoms with Crippen molar-refractivity contribution in [3.63, 3.8) is 0 Å². The number of nitrogens with zero attached hydrogens (tertiary/aromatic N) is 2. The van der Waals surface area contributed by atoms with Crippen molar-refractivity contribution in [2.75, 3.05) is 7.11 Å². The van der Waals surface area contributed by atoms with Gasteiger partial charge in [-0.15, -0.1) is 0 Å². The molecule has 0 bridgehead atoms. The van der Waals surface area contributed by atoms with E-state index in [9.17, 15) is 4.79 Å². The summed E-state index contributed by atoms with van der Waals surface area (Å²) in [5, 5.41) is 13.3. The molecule has 1 heterocycles. The van der Waals surface area contributed by atoms with Crippen molar-refractivity contribution in [1.82, 2.24) is 9.78 Å². The van der Waals surface area contributed by atoms with E-state index in [1.807, 2.05) is 19.9 Å². The molecule has 1 N–H and O–H groups in total. The highest BCUT2D eigenvalue weighted by molar-refractivity contribution is 5.88. The first kappa shape index (κ1) is 12.2. The summed E-state index contributed by atoms with van der Waals surface area (Å²) in [6.07, 6.45) is 0. The molecule has 5 nitrogen and oxygen atoms in total. The second-order valence-electron chi connectivity index (χ2n) is 4.03. The van der Waals surface area contributed by atoms with Crippen LogP contribution in [0.2, 0.25) is 0 Å². The summed E-state index contributed by atoms with van der Waals surface area (Å²) in [6.45, 7) is 3.84. The minimum absolute atomic E-state index is 0.192. The van der Waals surface area contributed by atoms with Crippen LogP contribution in [-0.2, 0) is 0 Å². The summed E-state index contributed by atoms with van der Waals surface area (Å²) in [5.74, 6) is -0.491. The Balaban J connectivity index is 2.58. The first-order valence-corrected chi connectivity index (χ1v) is 5.48. The second-order valence-corrected chi connectivity index (χ2v) is 4.03. The molecule has 94 valence electrons. The van der Waals surface area contributed by atoms with Crippen molar-refractivity contribution in [3.05, 3.63) is 41.2 Å². The molecule has 2 rings (SSSR count). The average molecular weight is 246 g/mol. The highest BCUT2D eigenvalue weighted by Crippen LogP contribution is 2.25. The molecule has 0 aliphatic heterocycles. The summed E-state index contributed by atoms with van der Waals surface area (Å²) in [7, 11) is 1.51. The normalized spacial score (nSPS) is 10.4. The quantitative estimate of drug-likeness (QED) is 0.901. The van der Waals surface area contributed by atoms with E-state index in [0.29, 0.717) is 5.75 Å². The first-order chi connectivity index (χ1) is 8.52. The molecule has 5 heteroatoms. The van der Waals surface area contributed by atoms with Crippen molar-refractivity contribution >= 4 is 5.97 Å². The third kappa shape index (κ3) is 2.07. The molecule has 0 unspecified atom stereocenters. The minimum Gasteiger partial charge on any atom is -0.494 e. The van der Waals surface area contributed by atoms with Crippen molar-refractivity contribution in [2.45, 2.75) is 13.8 Å². The molecule has 2 aromatic rings. The summed E-state index contributed by atoms with van der Waals surface area (Å²) >= 11 is 0. The molecule has 0 saturated carbocycles. The molecular weight excluding hydrogens is 232 g/mol. The van der Waals surface area contributed by atoms with Crippen molar-refractivity contribution in [2.24, 2.45) is 0 Å². The number of aromatic carboxylic acids is 1. The Hall–Kier alpha value is -2.30. The summed E-state index contributed by atoms with van der Waals surface area (Å²) in [4.78, 5) is 10.9. The maximum atomic E-state index is 10.9. The number of benzene rings is 1. The maximum Gasteiger partial charge on any atom is 0.335 e. The number of hydrogen-bond acceptors (Lipinski definition) is 3. The number of methoxy groups -OCH3 is 1. The van der Waals surface area contributed by atoms with Gasteiger partial charge in [-0.1, -0.05) is 0 Å². The molecule has 0 amide bonds. The minimum atomic E-state index is -0.979. The second kappa shape index (κ2) is 4.52. The Morgan fingerprint density at radius 1 is 1.33 bits per heavy atom. The zero-order chi connectivity index (χ0) is 13.3. The van der Waals surface area contributed by atoms with Crippen LogP contribution in [0.25, 0.3) is 5.69 Å². The molecule has 18 heavy (non-hydrogen) atoms. The Bertz CT molecular complexity index is 602. The first-order valence-electron chi connectivity index (χ1n) is 5.48. The van der Waals surface area contributed by atoms with Crippen LogP contribution in [0, 0.1) is 13.8 Å². The van der Waals surface area contributed by atoms with Crippen LogP contribution in [0.1, 0.15) is 21.7 Å². The van der Waals surface area contributed by atoms with Crippen LogP contribution in [0.4, 0.5) is 0 Å². The number of carbonyl (C=O) groups is 1. The van der Waals surface area contributed by atoms with E-state index in [1.165, 1.54) is 19.2 Å². The van der Waals surface area contributed by atoms with E-state index >= 15 is 0 Å². The van der Waals surface area contributed by atoms with Gasteiger partial charge in [-0.2, -0.15) is 5.10 Å². The zero-order valence-electron chi connectivity index (χ0n) is 10.5. The van der Waals surface area contributed by atoms with E-state index in [2.05, 4.69) is 5.10 Å². The van der Waals surface area contributed by atoms with Crippen LogP contribution in [-0.4, -0.2) is 28.0 Å². The highest BCUT2D eigenvalue weighted by atomic mass is 16.5. The molecule has 0 atom stereocenters. The van der Waals surface area contributed by atoms with E-state index in [1.54, 1.807) is 10.7 Å². The standard InChI is InChI=1S/C13H14N2O3/c1-8-6-9(2)15(14-8)11-5-4-10(13(16)17)7-12(11)18-3/h4-7H,1-3H3,(H,16,17). The molecular formula is C13H14N2O3. The average Bonchev–Trinajstić information content (AvgIpc) is 2.67. The van der Waals surface area contributed by atoms with E-state index in [0.717, 1.165) is 17.1 Å². The van der Waals surface area contributed by atoms with Crippen LogP contribution in [0.3, 0.4) is 0 Å². The van der Waals surface area contributed by atoms with Gasteiger partial charge in [0.25, 0.3) is 0 Å². The van der Waals surface area contributed by atoms with E-state index < -0.39 is 5.97 Å². The monoisotopic (exact) mass is 246 g/mol. The van der Waals surface area contributed by atoms with Gasteiger partial charge >= 0.3 is 5.97 Å². The number of aromatic nitrogens is 2. The van der Waals surface area contributed by atoms with Crippen molar-refractivity contribution in [3.8, 4) is 11.4 Å². The van der Waals surface area contributed by atoms with Crippen molar-refractivity contribution < 1.29 is 14.6 Å². The topological polar surface area (TPSA) is 64.3 Å². The number of rotatable bonds is 3. The SMILES string of the molecule is COc1cc(C(=O)O)ccc1-n1nc(C)cc1C. The number of aryl methyl sites for hydroxylation is 2. The fraction of sp³-hybridized carbons (Fsp3) is 0.231. The van der Waals surface area contributed by atoms with Gasteiger partial charge in [-0.3, -0.25) is 0 Å². The lowest BCUT2D eigenvalue weighted by atomic mass is 10.2. The summed E-state index contributed by atoms with van der Waals surface area (Å²) in [5.41, 5.74) is 2.79. The van der Waals surface area contributed by atoms with Gasteiger partial charge in [0.05, 0.1) is 18.4 Å². The molecule has 0 aliphatic rings. The van der Waals surface area contributed by atoms with Gasteiger partial charge in [0.2, 0.25) is 0 Å². The number of hydrogen-bond donors (Lipinski definition) is 1. The molecule has 0 aliphatic carbocycles. The van der Waals surface area contributed by atoms with Gasteiger partial charge in [0, 0.05) is 5.69 Å². The number of ether oxygens (including phenoxy) is 1. The molecule has 1 aromatic heterocycles. The Morgan fingerprint density at radius 3 is 2.56 bits per heavy atom. The van der Waals surface area contributed by atoms with Gasteiger partial charge in [0.15, 0.2) is 0 Å². The Kier molecular flexibility index (Phi) is 3.06. The molecule has 1 aromatic carbocycles. The maximum absolute atomic E-state index is 10.9. The predicted molar refractivity (Wildman–Crippen MR) is 66.5 cm³/mol. The Labute approximate surface area is 105 Å². The van der Waals surface area contributed by atoms with Gasteiger partial charge in [-0.25, -0.2) is 9.48 Å². The van der Waals surface area contributed by atoms with Gasteiger partial charge < -0.3 is 9.84 Å². The molecule has 0 radical (unpaired) electrons. The third-order valence-corrected chi connectivity index (χ3v) is 2.66. The Morgan fingerprint density at radius 2 is 2.06 bits per heavy atom. The number of carboxylic acids is 1. The lowest BCUT2D eigenvalue weighted by Gasteiger charge is -2.10. The lowest BCUT2D eigenvalue weighted by molar-refractivity contribution is 0.0696. The summed E-state index contributed by atoms with van der Waals surface area (Å²) < 4.78 is 6.97. The molecule has 0 saturated heterocycles. The molecule has 0 spiro atoms. The highest BCUT2D eigenvalue weighted by Gasteiger charge is 2.12. The third-order valence-electron chi connectivity index (χ3n) is 2.66.